The van der Waals surface area contributed by atoms with Crippen LogP contribution in [-0.4, -0.2) is 38.1 Å². The van der Waals surface area contributed by atoms with Gasteiger partial charge >= 0.3 is 6.09 Å². The Morgan fingerprint density at radius 1 is 1.19 bits per heavy atom. The van der Waals surface area contributed by atoms with Crippen molar-refractivity contribution in [2.24, 2.45) is 0 Å². The zero-order valence-corrected chi connectivity index (χ0v) is 15.7. The van der Waals surface area contributed by atoms with Crippen LogP contribution in [0.25, 0.3) is 0 Å². The molecule has 0 fully saturated rings. The Morgan fingerprint density at radius 3 is 2.10 bits per heavy atom. The monoisotopic (exact) mass is 314 g/mol. The Labute approximate surface area is 130 Å². The molecule has 5 nitrogen and oxygen atoms in total. The highest BCUT2D eigenvalue weighted by Crippen LogP contribution is 2.36. The van der Waals surface area contributed by atoms with Gasteiger partial charge in [-0.3, -0.25) is 0 Å². The Hall–Kier alpha value is -1.06. The van der Waals surface area contributed by atoms with Crippen molar-refractivity contribution < 1.29 is 14.0 Å². The number of carbonyl (C=O) groups is 1. The third-order valence-corrected chi connectivity index (χ3v) is 8.07. The summed E-state index contributed by atoms with van der Waals surface area (Å²) in [5.74, 6) is 0. The number of nitrogens with zero attached hydrogens (tertiary/aromatic N) is 2. The largest absolute Gasteiger partial charge is 0.443 e. The van der Waals surface area contributed by atoms with E-state index in [0.29, 0.717) is 19.6 Å². The Morgan fingerprint density at radius 2 is 1.71 bits per heavy atom. The molecule has 122 valence electrons. The maximum atomic E-state index is 11.8. The fourth-order valence-corrected chi connectivity index (χ4v) is 2.35. The number of ether oxygens (including phenoxy) is 1. The molecule has 0 bridgehead atoms. The van der Waals surface area contributed by atoms with Crippen molar-refractivity contribution in [2.75, 3.05) is 13.2 Å². The van der Waals surface area contributed by atoms with Crippen molar-refractivity contribution in [2.45, 2.75) is 71.7 Å². The number of rotatable bonds is 5. The number of carbonyl (C=O) groups excluding carboxylic acids is 1. The van der Waals surface area contributed by atoms with Crippen LogP contribution in [0.5, 0.6) is 0 Å². The first-order valence-corrected chi connectivity index (χ1v) is 10.3. The van der Waals surface area contributed by atoms with Gasteiger partial charge in [0.15, 0.2) is 14.5 Å². The van der Waals surface area contributed by atoms with Gasteiger partial charge in [0, 0.05) is 13.2 Å². The first-order chi connectivity index (χ1) is 9.30. The molecule has 0 saturated carbocycles. The molecule has 0 spiro atoms. The summed E-state index contributed by atoms with van der Waals surface area (Å²) in [4.78, 5) is 12.8. The second-order valence-electron chi connectivity index (χ2n) is 7.69. The van der Waals surface area contributed by atoms with E-state index in [-0.39, 0.29) is 5.04 Å². The summed E-state index contributed by atoms with van der Waals surface area (Å²) in [7, 11) is -1.77. The standard InChI is InChI=1S/C15H30N2O3Si/c1-14(2,3)20-13(18)17(12-16)10-9-11-19-21(7,8)15(4,5)6/h9-11H2,1-8H3. The summed E-state index contributed by atoms with van der Waals surface area (Å²) in [5, 5.41) is 9.18. The van der Waals surface area contributed by atoms with E-state index in [1.54, 1.807) is 20.8 Å². The normalized spacial score (nSPS) is 12.7. The van der Waals surface area contributed by atoms with Crippen LogP contribution in [0.2, 0.25) is 18.1 Å². The summed E-state index contributed by atoms with van der Waals surface area (Å²) >= 11 is 0. The van der Waals surface area contributed by atoms with E-state index >= 15 is 0 Å². The van der Waals surface area contributed by atoms with Crippen molar-refractivity contribution in [3.8, 4) is 6.19 Å². The molecule has 21 heavy (non-hydrogen) atoms. The molecule has 0 aromatic carbocycles. The lowest BCUT2D eigenvalue weighted by Crippen LogP contribution is -2.41. The molecule has 0 aromatic rings. The average Bonchev–Trinajstić information content (AvgIpc) is 2.24. The molecule has 0 rings (SSSR count). The smallest absolute Gasteiger partial charge is 0.423 e. The molecule has 0 saturated heterocycles. The molecule has 6 heteroatoms. The highest BCUT2D eigenvalue weighted by atomic mass is 28.4. The van der Waals surface area contributed by atoms with Crippen molar-refractivity contribution in [3.05, 3.63) is 0 Å². The van der Waals surface area contributed by atoms with Crippen molar-refractivity contribution >= 4 is 14.4 Å². The van der Waals surface area contributed by atoms with E-state index in [2.05, 4.69) is 33.9 Å². The van der Waals surface area contributed by atoms with Crippen molar-refractivity contribution in [3.63, 3.8) is 0 Å². The SMILES string of the molecule is CC(C)(C)OC(=O)N(C#N)CCCO[Si](C)(C)C(C)(C)C. The van der Waals surface area contributed by atoms with Crippen LogP contribution in [0, 0.1) is 11.5 Å². The third kappa shape index (κ3) is 7.49. The van der Waals surface area contributed by atoms with Crippen LogP contribution in [0.15, 0.2) is 0 Å². The first kappa shape index (κ1) is 19.9. The average molecular weight is 315 g/mol. The van der Waals surface area contributed by atoms with Gasteiger partial charge in [-0.2, -0.15) is 5.26 Å². The minimum atomic E-state index is -1.77. The summed E-state index contributed by atoms with van der Waals surface area (Å²) in [6.07, 6.45) is 1.89. The first-order valence-electron chi connectivity index (χ1n) is 7.34. The van der Waals surface area contributed by atoms with Gasteiger partial charge in [0.2, 0.25) is 0 Å². The summed E-state index contributed by atoms with van der Waals surface area (Å²) in [6.45, 7) is 17.1. The van der Waals surface area contributed by atoms with Gasteiger partial charge in [0.25, 0.3) is 0 Å². The molecule has 0 unspecified atom stereocenters. The minimum absolute atomic E-state index is 0.160. The van der Waals surface area contributed by atoms with Crippen LogP contribution >= 0.6 is 0 Å². The van der Waals surface area contributed by atoms with E-state index in [1.807, 2.05) is 6.19 Å². The van der Waals surface area contributed by atoms with Gasteiger partial charge in [-0.15, -0.1) is 0 Å². The molecule has 0 heterocycles. The highest BCUT2D eigenvalue weighted by molar-refractivity contribution is 6.74. The Kier molecular flexibility index (Phi) is 6.91. The van der Waals surface area contributed by atoms with Crippen LogP contribution in [0.4, 0.5) is 4.79 Å². The van der Waals surface area contributed by atoms with Gasteiger partial charge in [-0.25, -0.2) is 9.69 Å². The van der Waals surface area contributed by atoms with E-state index < -0.39 is 20.0 Å². The van der Waals surface area contributed by atoms with E-state index in [0.717, 1.165) is 4.90 Å². The van der Waals surface area contributed by atoms with Gasteiger partial charge in [0.05, 0.1) is 0 Å². The predicted molar refractivity (Wildman–Crippen MR) is 86.3 cm³/mol. The topological polar surface area (TPSA) is 62.6 Å². The minimum Gasteiger partial charge on any atom is -0.443 e. The van der Waals surface area contributed by atoms with Crippen LogP contribution in [-0.2, 0) is 9.16 Å². The number of hydrogen-bond acceptors (Lipinski definition) is 4. The quantitative estimate of drug-likeness (QED) is 0.331. The summed E-state index contributed by atoms with van der Waals surface area (Å²) in [6, 6.07) is 0. The van der Waals surface area contributed by atoms with Crippen LogP contribution < -0.4 is 0 Å². The van der Waals surface area contributed by atoms with Gasteiger partial charge in [-0.1, -0.05) is 20.8 Å². The maximum Gasteiger partial charge on any atom is 0.423 e. The molecule has 0 atom stereocenters. The summed E-state index contributed by atoms with van der Waals surface area (Å²) in [5.41, 5.74) is -0.593. The second-order valence-corrected chi connectivity index (χ2v) is 12.5. The Balaban J connectivity index is 4.27. The maximum absolute atomic E-state index is 11.8. The number of hydrogen-bond donors (Lipinski definition) is 0. The lowest BCUT2D eigenvalue weighted by molar-refractivity contribution is 0.0342. The molecule has 0 N–H and O–H groups in total. The summed E-state index contributed by atoms with van der Waals surface area (Å²) < 4.78 is 11.2. The third-order valence-electron chi connectivity index (χ3n) is 3.53. The molecule has 0 aliphatic rings. The van der Waals surface area contributed by atoms with Crippen LogP contribution in [0.3, 0.4) is 0 Å². The molecule has 0 aromatic heterocycles. The fourth-order valence-electron chi connectivity index (χ4n) is 1.27. The van der Waals surface area contributed by atoms with Gasteiger partial charge in [-0.05, 0) is 45.3 Å². The highest BCUT2D eigenvalue weighted by Gasteiger charge is 2.36. The van der Waals surface area contributed by atoms with E-state index in [4.69, 9.17) is 14.4 Å². The second kappa shape index (κ2) is 7.28. The molecule has 0 aliphatic heterocycles. The molecule has 0 radical (unpaired) electrons. The zero-order chi connectivity index (χ0) is 16.9. The lowest BCUT2D eigenvalue weighted by atomic mass is 10.2. The molecular weight excluding hydrogens is 284 g/mol. The molecule has 1 amide bonds. The van der Waals surface area contributed by atoms with Crippen LogP contribution in [0.1, 0.15) is 48.0 Å². The molecular formula is C15H30N2O3Si. The van der Waals surface area contributed by atoms with Gasteiger partial charge in [0.1, 0.15) is 5.60 Å². The van der Waals surface area contributed by atoms with E-state index in [9.17, 15) is 4.79 Å². The lowest BCUT2D eigenvalue weighted by Gasteiger charge is -2.36. The zero-order valence-electron chi connectivity index (χ0n) is 14.7. The number of amides is 1. The fraction of sp³-hybridized carbons (Fsp3) is 0.867. The van der Waals surface area contributed by atoms with E-state index in [1.165, 1.54) is 0 Å². The Bertz CT molecular complexity index is 389. The van der Waals surface area contributed by atoms with Crippen molar-refractivity contribution in [1.82, 2.24) is 4.90 Å². The number of nitriles is 1. The predicted octanol–water partition coefficient (Wildman–Crippen LogP) is 4.12. The molecule has 0 aliphatic carbocycles. The van der Waals surface area contributed by atoms with Gasteiger partial charge < -0.3 is 9.16 Å². The van der Waals surface area contributed by atoms with Crippen molar-refractivity contribution in [1.29, 1.82) is 5.26 Å².